The molecule has 1 unspecified atom stereocenters. The molecular formula is C17H21NO2. The van der Waals surface area contributed by atoms with Crippen LogP contribution in [0.4, 0.5) is 5.69 Å². The fraction of sp³-hybridized carbons (Fsp3) is 0.294. The van der Waals surface area contributed by atoms with E-state index in [0.717, 1.165) is 17.0 Å². The summed E-state index contributed by atoms with van der Waals surface area (Å²) >= 11 is 0. The van der Waals surface area contributed by atoms with E-state index in [1.54, 1.807) is 7.11 Å². The standard InChI is InChI=1S/C17H21NO2/c1-12-7-8-14(9-13(12)2)17(11-19)18-15-5-4-6-16(10-15)20-3/h4-10,17-19H,11H2,1-3H3. The molecule has 1 atom stereocenters. The topological polar surface area (TPSA) is 41.5 Å². The Hall–Kier alpha value is -2.00. The number of methoxy groups -OCH3 is 1. The Morgan fingerprint density at radius 2 is 1.90 bits per heavy atom. The SMILES string of the molecule is COc1cccc(NC(CO)c2ccc(C)c(C)c2)c1. The molecule has 0 heterocycles. The molecular weight excluding hydrogens is 250 g/mol. The predicted octanol–water partition coefficient (Wildman–Crippen LogP) is 3.46. The lowest BCUT2D eigenvalue weighted by molar-refractivity contribution is 0.276. The summed E-state index contributed by atoms with van der Waals surface area (Å²) < 4.78 is 5.21. The zero-order chi connectivity index (χ0) is 14.5. The van der Waals surface area contributed by atoms with Crippen LogP contribution in [-0.2, 0) is 0 Å². The Labute approximate surface area is 120 Å². The first-order chi connectivity index (χ1) is 9.63. The predicted molar refractivity (Wildman–Crippen MR) is 82.4 cm³/mol. The van der Waals surface area contributed by atoms with Crippen LogP contribution in [0.3, 0.4) is 0 Å². The van der Waals surface area contributed by atoms with E-state index in [9.17, 15) is 5.11 Å². The van der Waals surface area contributed by atoms with Gasteiger partial charge in [-0.3, -0.25) is 0 Å². The van der Waals surface area contributed by atoms with Gasteiger partial charge in [0.05, 0.1) is 19.8 Å². The summed E-state index contributed by atoms with van der Waals surface area (Å²) in [6.45, 7) is 4.21. The van der Waals surface area contributed by atoms with E-state index < -0.39 is 0 Å². The number of anilines is 1. The number of hydrogen-bond donors (Lipinski definition) is 2. The third-order valence-electron chi connectivity index (χ3n) is 3.53. The zero-order valence-electron chi connectivity index (χ0n) is 12.2. The van der Waals surface area contributed by atoms with Crippen LogP contribution in [0.15, 0.2) is 42.5 Å². The number of benzene rings is 2. The number of ether oxygens (including phenoxy) is 1. The summed E-state index contributed by atoms with van der Waals surface area (Å²) in [7, 11) is 1.64. The van der Waals surface area contributed by atoms with Crippen molar-refractivity contribution in [3.8, 4) is 5.75 Å². The lowest BCUT2D eigenvalue weighted by Crippen LogP contribution is -2.15. The van der Waals surface area contributed by atoms with E-state index in [0.29, 0.717) is 0 Å². The summed E-state index contributed by atoms with van der Waals surface area (Å²) in [4.78, 5) is 0. The van der Waals surface area contributed by atoms with E-state index in [4.69, 9.17) is 4.74 Å². The number of rotatable bonds is 5. The molecule has 0 aliphatic heterocycles. The van der Waals surface area contributed by atoms with Gasteiger partial charge in [0.1, 0.15) is 5.75 Å². The Balaban J connectivity index is 2.21. The normalized spacial score (nSPS) is 12.0. The molecule has 2 aromatic carbocycles. The smallest absolute Gasteiger partial charge is 0.120 e. The monoisotopic (exact) mass is 271 g/mol. The summed E-state index contributed by atoms with van der Waals surface area (Å²) in [6, 6.07) is 13.8. The number of nitrogens with one attached hydrogen (secondary N) is 1. The summed E-state index contributed by atoms with van der Waals surface area (Å²) in [5.41, 5.74) is 4.50. The van der Waals surface area contributed by atoms with Crippen molar-refractivity contribution in [2.45, 2.75) is 19.9 Å². The fourth-order valence-corrected chi connectivity index (χ4v) is 2.13. The van der Waals surface area contributed by atoms with Crippen LogP contribution in [0.5, 0.6) is 5.75 Å². The van der Waals surface area contributed by atoms with Crippen molar-refractivity contribution in [2.24, 2.45) is 0 Å². The van der Waals surface area contributed by atoms with E-state index in [1.807, 2.05) is 24.3 Å². The van der Waals surface area contributed by atoms with Crippen molar-refractivity contribution in [1.29, 1.82) is 0 Å². The molecule has 0 fully saturated rings. The van der Waals surface area contributed by atoms with E-state index in [-0.39, 0.29) is 12.6 Å². The molecule has 0 amide bonds. The Kier molecular flexibility index (Phi) is 4.64. The second-order valence-corrected chi connectivity index (χ2v) is 4.96. The molecule has 106 valence electrons. The van der Waals surface area contributed by atoms with Crippen molar-refractivity contribution in [3.63, 3.8) is 0 Å². The molecule has 0 radical (unpaired) electrons. The summed E-state index contributed by atoms with van der Waals surface area (Å²) in [5.74, 6) is 0.798. The zero-order valence-corrected chi connectivity index (χ0v) is 12.2. The molecule has 2 rings (SSSR count). The quantitative estimate of drug-likeness (QED) is 0.875. The molecule has 0 aliphatic carbocycles. The lowest BCUT2D eigenvalue weighted by Gasteiger charge is -2.19. The van der Waals surface area contributed by atoms with Crippen LogP contribution in [-0.4, -0.2) is 18.8 Å². The number of aliphatic hydroxyl groups excluding tert-OH is 1. The molecule has 0 saturated carbocycles. The first-order valence-corrected chi connectivity index (χ1v) is 6.72. The van der Waals surface area contributed by atoms with Crippen LogP contribution in [0.1, 0.15) is 22.7 Å². The van der Waals surface area contributed by atoms with Gasteiger partial charge in [-0.25, -0.2) is 0 Å². The molecule has 0 bridgehead atoms. The molecule has 3 heteroatoms. The van der Waals surface area contributed by atoms with Gasteiger partial charge in [-0.15, -0.1) is 0 Å². The van der Waals surface area contributed by atoms with Crippen LogP contribution in [0.25, 0.3) is 0 Å². The first kappa shape index (κ1) is 14.4. The van der Waals surface area contributed by atoms with Crippen molar-refractivity contribution in [1.82, 2.24) is 0 Å². The average Bonchev–Trinajstić information content (AvgIpc) is 2.48. The van der Waals surface area contributed by atoms with Gasteiger partial charge in [-0.1, -0.05) is 24.3 Å². The van der Waals surface area contributed by atoms with Gasteiger partial charge in [-0.2, -0.15) is 0 Å². The maximum absolute atomic E-state index is 9.63. The Bertz CT molecular complexity index is 581. The summed E-state index contributed by atoms with van der Waals surface area (Å²) in [6.07, 6.45) is 0. The molecule has 3 nitrogen and oxygen atoms in total. The molecule has 0 spiro atoms. The number of aliphatic hydroxyl groups is 1. The molecule has 0 aromatic heterocycles. The molecule has 0 saturated heterocycles. The maximum atomic E-state index is 9.63. The average molecular weight is 271 g/mol. The lowest BCUT2D eigenvalue weighted by atomic mass is 10.0. The van der Waals surface area contributed by atoms with E-state index in [1.165, 1.54) is 11.1 Å². The third kappa shape index (κ3) is 3.31. The highest BCUT2D eigenvalue weighted by atomic mass is 16.5. The van der Waals surface area contributed by atoms with Gasteiger partial charge < -0.3 is 15.2 Å². The van der Waals surface area contributed by atoms with Crippen LogP contribution >= 0.6 is 0 Å². The highest BCUT2D eigenvalue weighted by molar-refractivity contribution is 5.50. The second-order valence-electron chi connectivity index (χ2n) is 4.96. The minimum atomic E-state index is -0.124. The molecule has 20 heavy (non-hydrogen) atoms. The number of hydrogen-bond acceptors (Lipinski definition) is 3. The molecule has 2 N–H and O–H groups in total. The van der Waals surface area contributed by atoms with Crippen LogP contribution in [0.2, 0.25) is 0 Å². The summed E-state index contributed by atoms with van der Waals surface area (Å²) in [5, 5.41) is 13.0. The van der Waals surface area contributed by atoms with Crippen LogP contribution in [0, 0.1) is 13.8 Å². The molecule has 2 aromatic rings. The Morgan fingerprint density at radius 3 is 2.55 bits per heavy atom. The van der Waals surface area contributed by atoms with E-state index >= 15 is 0 Å². The van der Waals surface area contributed by atoms with Gasteiger partial charge in [0.25, 0.3) is 0 Å². The van der Waals surface area contributed by atoms with Crippen molar-refractivity contribution < 1.29 is 9.84 Å². The minimum absolute atomic E-state index is 0.0414. The van der Waals surface area contributed by atoms with Crippen molar-refractivity contribution in [2.75, 3.05) is 19.0 Å². The Morgan fingerprint density at radius 1 is 1.10 bits per heavy atom. The van der Waals surface area contributed by atoms with Gasteiger partial charge in [0.2, 0.25) is 0 Å². The number of aryl methyl sites for hydroxylation is 2. The van der Waals surface area contributed by atoms with Crippen molar-refractivity contribution in [3.05, 3.63) is 59.2 Å². The van der Waals surface area contributed by atoms with Gasteiger partial charge in [-0.05, 0) is 42.7 Å². The fourth-order valence-electron chi connectivity index (χ4n) is 2.13. The first-order valence-electron chi connectivity index (χ1n) is 6.72. The van der Waals surface area contributed by atoms with Crippen LogP contribution < -0.4 is 10.1 Å². The highest BCUT2D eigenvalue weighted by Crippen LogP contribution is 2.24. The second kappa shape index (κ2) is 6.44. The maximum Gasteiger partial charge on any atom is 0.120 e. The van der Waals surface area contributed by atoms with Gasteiger partial charge in [0, 0.05) is 11.8 Å². The van der Waals surface area contributed by atoms with E-state index in [2.05, 4.69) is 37.4 Å². The van der Waals surface area contributed by atoms with Gasteiger partial charge >= 0.3 is 0 Å². The minimum Gasteiger partial charge on any atom is -0.497 e. The third-order valence-corrected chi connectivity index (χ3v) is 3.53. The highest BCUT2D eigenvalue weighted by Gasteiger charge is 2.11. The van der Waals surface area contributed by atoms with Gasteiger partial charge in [0.15, 0.2) is 0 Å². The molecule has 0 aliphatic rings. The van der Waals surface area contributed by atoms with Crippen molar-refractivity contribution >= 4 is 5.69 Å². The largest absolute Gasteiger partial charge is 0.497 e.